The predicted octanol–water partition coefficient (Wildman–Crippen LogP) is 19.2. The molecule has 0 saturated heterocycles. The van der Waals surface area contributed by atoms with Gasteiger partial charge in [0.25, 0.3) is 0 Å². The number of hydrogen-bond donors (Lipinski definition) is 2. The molecule has 0 bridgehead atoms. The van der Waals surface area contributed by atoms with E-state index in [4.69, 9.17) is 23.7 Å². The van der Waals surface area contributed by atoms with E-state index in [-0.39, 0.29) is 50.4 Å². The van der Waals surface area contributed by atoms with Crippen molar-refractivity contribution in [2.24, 2.45) is 10.8 Å². The van der Waals surface area contributed by atoms with Crippen LogP contribution in [0.2, 0.25) is 18.1 Å². The highest BCUT2D eigenvalue weighted by Gasteiger charge is 2.42. The molecule has 84 heavy (non-hydrogen) atoms. The van der Waals surface area contributed by atoms with Crippen molar-refractivity contribution in [1.29, 1.82) is 0 Å². The molecule has 8 nitrogen and oxygen atoms in total. The Bertz CT molecular complexity index is 3100. The zero-order valence-corrected chi connectivity index (χ0v) is 56.1. The largest absolute Gasteiger partial charge is 0.489 e. The number of carbonyl (C=O) groups is 2. The zero-order valence-electron chi connectivity index (χ0n) is 55.1. The Kier molecular flexibility index (Phi) is 23.7. The number of carboxylic acids is 1. The lowest BCUT2D eigenvalue weighted by atomic mass is 9.69. The molecule has 0 aliphatic rings. The van der Waals surface area contributed by atoms with E-state index < -0.39 is 14.3 Å². The van der Waals surface area contributed by atoms with Crippen LogP contribution < -0.4 is 9.47 Å². The van der Waals surface area contributed by atoms with Gasteiger partial charge in [-0.25, -0.2) is 9.59 Å². The van der Waals surface area contributed by atoms with Gasteiger partial charge in [0.2, 0.25) is 0 Å². The second-order valence-corrected chi connectivity index (χ2v) is 32.0. The van der Waals surface area contributed by atoms with Crippen LogP contribution in [0.5, 0.6) is 11.5 Å². The van der Waals surface area contributed by atoms with Crippen LogP contribution in [0.15, 0.2) is 121 Å². The van der Waals surface area contributed by atoms with Gasteiger partial charge in [0.05, 0.1) is 30.4 Å². The third-order valence-electron chi connectivity index (χ3n) is 18.6. The number of ether oxygens (including phenoxy) is 3. The Morgan fingerprint density at radius 2 is 0.869 bits per heavy atom. The number of carbonyl (C=O) groups excluding carboxylic acids is 1. The molecule has 2 atom stereocenters. The number of aliphatic hydroxyl groups is 1. The number of hydrogen-bond acceptors (Lipinski definition) is 7. The highest BCUT2D eigenvalue weighted by Crippen LogP contribution is 2.44. The average molecular weight is 1160 g/mol. The van der Waals surface area contributed by atoms with Crippen LogP contribution in [0.3, 0.4) is 0 Å². The lowest BCUT2D eigenvalue weighted by molar-refractivity contribution is 0.0559. The Morgan fingerprint density at radius 3 is 1.19 bits per heavy atom. The SMILES string of the molecule is CCC(CC)(c1ccc(CC[C@H](O)C(C)(C)C)c(C)c1)c1ccc(OCc2ccc(C(=O)O)cc2)c(C)c1.CCC(CC)(c1ccc(CC[C@H](O[Si](C)(C)C(C)(C)C)C(C)(C)C)c(C)c1)c1ccc(OCc2ccc(C(=O)OC)cc2)c(C)c1. The number of aromatic carboxylic acids is 1. The van der Waals surface area contributed by atoms with E-state index in [9.17, 15) is 14.7 Å². The van der Waals surface area contributed by atoms with Crippen molar-refractivity contribution >= 4 is 20.3 Å². The number of carboxylic acid groups (broad SMARTS) is 1. The second kappa shape index (κ2) is 28.9. The lowest BCUT2D eigenvalue weighted by Gasteiger charge is -2.43. The van der Waals surface area contributed by atoms with Gasteiger partial charge in [-0.2, -0.15) is 0 Å². The standard InChI is InChI=1S/C41H60O4Si.C34H44O4/c1-14-41(15-2,35-23-24-36(30(4)27-35)44-28-31-16-18-33(19-17-31)38(42)43-11)34-22-20-32(29(3)26-34)21-25-37(39(5,6)7)45-46(12,13)40(8,9)10;1-8-34(9-2,28-16-14-26(23(3)20-28)15-19-31(35)33(5,6)7)29-17-18-30(24(4)21-29)38-22-25-10-12-27(13-11-25)32(36)37/h16-20,22-24,26-27,37H,14-15,21,25,28H2,1-13H3;10-14,16-18,20-21,31,35H,8-9,15,19,22H2,1-7H3,(H,36,37)/t37-;31-/m00/s1. The number of rotatable bonds is 24. The number of methoxy groups -OCH3 is 1. The Morgan fingerprint density at radius 1 is 0.500 bits per heavy atom. The fourth-order valence-corrected chi connectivity index (χ4v) is 12.9. The zero-order chi connectivity index (χ0) is 62.6. The van der Waals surface area contributed by atoms with Gasteiger partial charge in [-0.05, 0) is 211 Å². The van der Waals surface area contributed by atoms with E-state index in [1.807, 2.05) is 12.1 Å². The molecule has 6 aromatic carbocycles. The Balaban J connectivity index is 0.000000313. The molecule has 0 fully saturated rings. The van der Waals surface area contributed by atoms with Crippen molar-refractivity contribution in [2.45, 2.75) is 223 Å². The molecule has 0 heterocycles. The van der Waals surface area contributed by atoms with Crippen LogP contribution >= 0.6 is 0 Å². The van der Waals surface area contributed by atoms with Crippen LogP contribution in [0.1, 0.15) is 216 Å². The summed E-state index contributed by atoms with van der Waals surface area (Å²) >= 11 is 0. The van der Waals surface area contributed by atoms with Crippen LogP contribution in [-0.2, 0) is 46.0 Å². The summed E-state index contributed by atoms with van der Waals surface area (Å²) in [7, 11) is -0.481. The van der Waals surface area contributed by atoms with Crippen molar-refractivity contribution in [1.82, 2.24) is 0 Å². The molecule has 0 aliphatic carbocycles. The first-order valence-corrected chi connectivity index (χ1v) is 33.7. The van der Waals surface area contributed by atoms with Crippen molar-refractivity contribution in [3.63, 3.8) is 0 Å². The summed E-state index contributed by atoms with van der Waals surface area (Å²) in [5, 5.41) is 19.8. The maximum atomic E-state index is 11.7. The molecule has 0 aromatic heterocycles. The summed E-state index contributed by atoms with van der Waals surface area (Å²) in [5.41, 5.74) is 15.4. The summed E-state index contributed by atoms with van der Waals surface area (Å²) in [6.45, 7) is 43.5. The molecule has 0 amide bonds. The second-order valence-electron chi connectivity index (χ2n) is 27.3. The summed E-state index contributed by atoms with van der Waals surface area (Å²) < 4.78 is 24.1. The molecule has 0 unspecified atom stereocenters. The Hall–Kier alpha value is -6.00. The monoisotopic (exact) mass is 1160 g/mol. The van der Waals surface area contributed by atoms with Crippen molar-refractivity contribution < 1.29 is 38.4 Å². The summed E-state index contributed by atoms with van der Waals surface area (Å²) in [6, 6.07) is 41.4. The molecule has 456 valence electrons. The first kappa shape index (κ1) is 68.8. The third kappa shape index (κ3) is 17.1. The van der Waals surface area contributed by atoms with Crippen LogP contribution in [-0.4, -0.2) is 49.8 Å². The minimum absolute atomic E-state index is 0.0737. The van der Waals surface area contributed by atoms with Gasteiger partial charge in [-0.15, -0.1) is 0 Å². The molecule has 0 radical (unpaired) electrons. The van der Waals surface area contributed by atoms with Gasteiger partial charge in [0, 0.05) is 10.8 Å². The maximum Gasteiger partial charge on any atom is 0.337 e. The van der Waals surface area contributed by atoms with Gasteiger partial charge in [-0.3, -0.25) is 0 Å². The number of esters is 1. The first-order valence-electron chi connectivity index (χ1n) is 30.8. The normalized spacial score (nSPS) is 13.2. The van der Waals surface area contributed by atoms with Crippen LogP contribution in [0.4, 0.5) is 0 Å². The minimum atomic E-state index is -1.87. The summed E-state index contributed by atoms with van der Waals surface area (Å²) in [4.78, 5) is 22.8. The highest BCUT2D eigenvalue weighted by molar-refractivity contribution is 6.74. The van der Waals surface area contributed by atoms with E-state index in [1.165, 1.54) is 51.6 Å². The van der Waals surface area contributed by atoms with Crippen LogP contribution in [0, 0.1) is 38.5 Å². The van der Waals surface area contributed by atoms with Gasteiger partial charge in [-0.1, -0.05) is 175 Å². The summed E-state index contributed by atoms with van der Waals surface area (Å²) in [5.74, 6) is 0.450. The van der Waals surface area contributed by atoms with Crippen molar-refractivity contribution in [3.05, 3.63) is 199 Å². The van der Waals surface area contributed by atoms with Crippen molar-refractivity contribution in [3.8, 4) is 11.5 Å². The van der Waals surface area contributed by atoms with Gasteiger partial charge < -0.3 is 28.8 Å². The molecular weight excluding hydrogens is 1060 g/mol. The maximum absolute atomic E-state index is 11.7. The van der Waals surface area contributed by atoms with Crippen LogP contribution in [0.25, 0.3) is 0 Å². The fraction of sp³-hybridized carbons (Fsp3) is 0.493. The van der Waals surface area contributed by atoms with Crippen molar-refractivity contribution in [2.75, 3.05) is 7.11 Å². The van der Waals surface area contributed by atoms with E-state index in [2.05, 4.69) is 204 Å². The van der Waals surface area contributed by atoms with Gasteiger partial charge >= 0.3 is 11.9 Å². The molecule has 0 saturated carbocycles. The fourth-order valence-electron chi connectivity index (χ4n) is 11.4. The number of benzene rings is 6. The van der Waals surface area contributed by atoms with E-state index in [1.54, 1.807) is 36.4 Å². The number of aryl methyl sites for hydroxylation is 6. The number of aliphatic hydroxyl groups excluding tert-OH is 1. The first-order chi connectivity index (χ1) is 39.3. The molecular formula is C75H104O8Si. The third-order valence-corrected chi connectivity index (χ3v) is 23.1. The smallest absolute Gasteiger partial charge is 0.337 e. The van der Waals surface area contributed by atoms with E-state index in [0.717, 1.165) is 85.1 Å². The lowest BCUT2D eigenvalue weighted by Crippen LogP contribution is -2.47. The highest BCUT2D eigenvalue weighted by atomic mass is 28.4. The quantitative estimate of drug-likeness (QED) is 0.0455. The molecule has 6 rings (SSSR count). The topological polar surface area (TPSA) is 112 Å². The molecule has 0 spiro atoms. The molecule has 9 heteroatoms. The summed E-state index contributed by atoms with van der Waals surface area (Å²) in [6.07, 6.45) is 7.59. The molecule has 2 N–H and O–H groups in total. The average Bonchev–Trinajstić information content (AvgIpc) is 1.59. The van der Waals surface area contributed by atoms with Gasteiger partial charge in [0.15, 0.2) is 8.32 Å². The minimum Gasteiger partial charge on any atom is -0.489 e. The van der Waals surface area contributed by atoms with E-state index in [0.29, 0.717) is 18.8 Å². The molecule has 0 aliphatic heterocycles. The van der Waals surface area contributed by atoms with Gasteiger partial charge in [0.1, 0.15) is 24.7 Å². The Labute approximate surface area is 508 Å². The molecule has 6 aromatic rings. The van der Waals surface area contributed by atoms with E-state index >= 15 is 0 Å². The predicted molar refractivity (Wildman–Crippen MR) is 351 cm³/mol.